The second kappa shape index (κ2) is 7.54. The molecule has 0 aromatic carbocycles. The van der Waals surface area contributed by atoms with Crippen LogP contribution in [0.5, 0.6) is 0 Å². The van der Waals surface area contributed by atoms with E-state index >= 15 is 0 Å². The van der Waals surface area contributed by atoms with Gasteiger partial charge in [0.25, 0.3) is 0 Å². The lowest BCUT2D eigenvalue weighted by Gasteiger charge is -2.24. The van der Waals surface area contributed by atoms with Crippen LogP contribution >= 0.6 is 11.3 Å². The summed E-state index contributed by atoms with van der Waals surface area (Å²) in [7, 11) is -3.37. The Bertz CT molecular complexity index is 521. The lowest BCUT2D eigenvalue weighted by Crippen LogP contribution is -2.36. The Morgan fingerprint density at radius 1 is 1.35 bits per heavy atom. The summed E-state index contributed by atoms with van der Waals surface area (Å²) in [6.07, 6.45) is 1.08. The molecule has 0 amide bonds. The lowest BCUT2D eigenvalue weighted by atomic mass is 10.4. The number of hydrogen-bond acceptors (Lipinski definition) is 4. The predicted octanol–water partition coefficient (Wildman–Crippen LogP) is 2.98. The zero-order chi connectivity index (χ0) is 15.3. The molecule has 0 aliphatic heterocycles. The molecule has 0 aliphatic rings. The van der Waals surface area contributed by atoms with Crippen molar-refractivity contribution in [2.45, 2.75) is 58.5 Å². The van der Waals surface area contributed by atoms with Crippen LogP contribution in [0.25, 0.3) is 0 Å². The van der Waals surface area contributed by atoms with Gasteiger partial charge in [-0.05, 0) is 39.8 Å². The Kier molecular flexibility index (Phi) is 6.64. The van der Waals surface area contributed by atoms with E-state index in [1.165, 1.54) is 0 Å². The largest absolute Gasteiger partial charge is 0.312 e. The van der Waals surface area contributed by atoms with Crippen LogP contribution in [0.1, 0.15) is 43.9 Å². The first-order valence-electron chi connectivity index (χ1n) is 7.16. The number of nitrogens with one attached hydrogen (secondary N) is 1. The molecule has 0 unspecified atom stereocenters. The maximum absolute atomic E-state index is 12.7. The molecule has 116 valence electrons. The summed E-state index contributed by atoms with van der Waals surface area (Å²) in [4.78, 5) is 2.41. The molecule has 1 heterocycles. The van der Waals surface area contributed by atoms with Gasteiger partial charge < -0.3 is 5.32 Å². The highest BCUT2D eigenvalue weighted by Crippen LogP contribution is 2.29. The zero-order valence-corrected chi connectivity index (χ0v) is 14.7. The first-order chi connectivity index (χ1) is 9.34. The van der Waals surface area contributed by atoms with E-state index in [0.29, 0.717) is 11.4 Å². The Morgan fingerprint density at radius 3 is 2.50 bits per heavy atom. The number of sulfonamides is 1. The monoisotopic (exact) mass is 318 g/mol. The molecule has 0 fully saturated rings. The Morgan fingerprint density at radius 2 is 2.00 bits per heavy atom. The zero-order valence-electron chi connectivity index (χ0n) is 13.1. The molecule has 0 spiro atoms. The topological polar surface area (TPSA) is 49.4 Å². The Labute approximate surface area is 127 Å². The van der Waals surface area contributed by atoms with Gasteiger partial charge in [0.15, 0.2) is 0 Å². The van der Waals surface area contributed by atoms with E-state index in [1.54, 1.807) is 15.6 Å². The maximum atomic E-state index is 12.7. The van der Waals surface area contributed by atoms with Gasteiger partial charge in [0.2, 0.25) is 10.0 Å². The average molecular weight is 319 g/mol. The third-order valence-electron chi connectivity index (χ3n) is 3.12. The van der Waals surface area contributed by atoms with Crippen LogP contribution in [0.4, 0.5) is 0 Å². The third kappa shape index (κ3) is 4.04. The van der Waals surface area contributed by atoms with Crippen LogP contribution in [0.15, 0.2) is 11.0 Å². The van der Waals surface area contributed by atoms with Gasteiger partial charge in [0, 0.05) is 28.9 Å². The van der Waals surface area contributed by atoms with Gasteiger partial charge in [-0.1, -0.05) is 13.8 Å². The normalized spacial score (nSPS) is 12.6. The molecular weight excluding hydrogens is 292 g/mol. The van der Waals surface area contributed by atoms with Crippen molar-refractivity contribution in [3.63, 3.8) is 0 Å². The minimum atomic E-state index is -3.37. The summed E-state index contributed by atoms with van der Waals surface area (Å²) in [5.74, 6) is 0. The van der Waals surface area contributed by atoms with Crippen molar-refractivity contribution in [1.82, 2.24) is 9.62 Å². The van der Waals surface area contributed by atoms with Crippen molar-refractivity contribution in [2.75, 3.05) is 13.1 Å². The van der Waals surface area contributed by atoms with E-state index in [-0.39, 0.29) is 6.04 Å². The van der Waals surface area contributed by atoms with Crippen LogP contribution in [0, 0.1) is 6.92 Å². The Balaban J connectivity index is 3.01. The smallest absolute Gasteiger partial charge is 0.244 e. The van der Waals surface area contributed by atoms with Crippen LogP contribution in [-0.4, -0.2) is 31.9 Å². The van der Waals surface area contributed by atoms with Gasteiger partial charge in [-0.2, -0.15) is 4.31 Å². The van der Waals surface area contributed by atoms with Crippen LogP contribution in [-0.2, 0) is 16.6 Å². The predicted molar refractivity (Wildman–Crippen MR) is 85.8 cm³/mol. The molecule has 6 heteroatoms. The van der Waals surface area contributed by atoms with E-state index in [1.807, 2.05) is 33.8 Å². The highest BCUT2D eigenvalue weighted by Gasteiger charge is 2.28. The number of aryl methyl sites for hydroxylation is 1. The van der Waals surface area contributed by atoms with E-state index in [2.05, 4.69) is 12.2 Å². The molecule has 4 nitrogen and oxygen atoms in total. The average Bonchev–Trinajstić information content (AvgIpc) is 2.71. The number of hydrogen-bond donors (Lipinski definition) is 1. The van der Waals surface area contributed by atoms with Crippen molar-refractivity contribution >= 4 is 21.4 Å². The fourth-order valence-electron chi connectivity index (χ4n) is 2.19. The van der Waals surface area contributed by atoms with Crippen LogP contribution < -0.4 is 5.32 Å². The van der Waals surface area contributed by atoms with E-state index in [9.17, 15) is 8.42 Å². The van der Waals surface area contributed by atoms with E-state index < -0.39 is 10.0 Å². The molecule has 1 rings (SSSR count). The van der Waals surface area contributed by atoms with Gasteiger partial charge >= 0.3 is 0 Å². The van der Waals surface area contributed by atoms with Crippen molar-refractivity contribution < 1.29 is 8.42 Å². The van der Waals surface area contributed by atoms with Gasteiger partial charge in [0.1, 0.15) is 0 Å². The summed E-state index contributed by atoms with van der Waals surface area (Å²) in [6.45, 7) is 11.9. The third-order valence-corrected chi connectivity index (χ3v) is 6.58. The van der Waals surface area contributed by atoms with Crippen LogP contribution in [0.3, 0.4) is 0 Å². The molecule has 0 saturated carbocycles. The first-order valence-corrected chi connectivity index (χ1v) is 9.42. The van der Waals surface area contributed by atoms with E-state index in [0.717, 1.165) is 29.3 Å². The standard InChI is InChI=1S/C14H26N2O2S2/c1-6-8-15-10-13-9-14(12(5)19-13)20(17,18)16(7-2)11(3)4/h9,11,15H,6-8,10H2,1-5H3. The number of nitrogens with zero attached hydrogens (tertiary/aromatic N) is 1. The molecule has 0 radical (unpaired) electrons. The number of rotatable bonds is 8. The molecule has 0 bridgehead atoms. The molecule has 1 N–H and O–H groups in total. The van der Waals surface area contributed by atoms with Crippen LogP contribution in [0.2, 0.25) is 0 Å². The summed E-state index contributed by atoms with van der Waals surface area (Å²) in [5, 5.41) is 3.31. The minimum Gasteiger partial charge on any atom is -0.312 e. The molecular formula is C14H26N2O2S2. The SMILES string of the molecule is CCCNCc1cc(S(=O)(=O)N(CC)C(C)C)c(C)s1. The molecule has 1 aromatic heterocycles. The van der Waals surface area contributed by atoms with Crippen molar-refractivity contribution in [2.24, 2.45) is 0 Å². The summed E-state index contributed by atoms with van der Waals surface area (Å²) in [6, 6.07) is 1.80. The quantitative estimate of drug-likeness (QED) is 0.750. The fourth-order valence-corrected chi connectivity index (χ4v) is 5.42. The van der Waals surface area contributed by atoms with E-state index in [4.69, 9.17) is 0 Å². The maximum Gasteiger partial charge on any atom is 0.244 e. The minimum absolute atomic E-state index is 0.0223. The number of thiophene rings is 1. The fraction of sp³-hybridized carbons (Fsp3) is 0.714. The second-order valence-corrected chi connectivity index (χ2v) is 8.31. The summed E-state index contributed by atoms with van der Waals surface area (Å²) < 4.78 is 26.9. The van der Waals surface area contributed by atoms with Crippen molar-refractivity contribution in [1.29, 1.82) is 0 Å². The van der Waals surface area contributed by atoms with Gasteiger partial charge in [-0.3, -0.25) is 0 Å². The highest BCUT2D eigenvalue weighted by atomic mass is 32.2. The molecule has 0 saturated heterocycles. The van der Waals surface area contributed by atoms with Gasteiger partial charge in [0.05, 0.1) is 4.90 Å². The second-order valence-electron chi connectivity index (χ2n) is 5.11. The summed E-state index contributed by atoms with van der Waals surface area (Å²) in [5.41, 5.74) is 0. The lowest BCUT2D eigenvalue weighted by molar-refractivity contribution is 0.369. The van der Waals surface area contributed by atoms with Crippen molar-refractivity contribution in [3.05, 3.63) is 15.8 Å². The molecule has 1 aromatic rings. The summed E-state index contributed by atoms with van der Waals surface area (Å²) >= 11 is 1.56. The van der Waals surface area contributed by atoms with Crippen molar-refractivity contribution in [3.8, 4) is 0 Å². The van der Waals surface area contributed by atoms with Gasteiger partial charge in [-0.15, -0.1) is 11.3 Å². The highest BCUT2D eigenvalue weighted by molar-refractivity contribution is 7.89. The molecule has 20 heavy (non-hydrogen) atoms. The first kappa shape index (κ1) is 17.6. The Hall–Kier alpha value is -0.430. The van der Waals surface area contributed by atoms with Gasteiger partial charge in [-0.25, -0.2) is 8.42 Å². The molecule has 0 aliphatic carbocycles. The molecule has 0 atom stereocenters.